The van der Waals surface area contributed by atoms with Crippen molar-refractivity contribution < 1.29 is 9.90 Å². The van der Waals surface area contributed by atoms with Gasteiger partial charge in [0.05, 0.1) is 5.92 Å². The summed E-state index contributed by atoms with van der Waals surface area (Å²) >= 11 is 0. The van der Waals surface area contributed by atoms with Crippen molar-refractivity contribution in [2.24, 2.45) is 5.92 Å². The van der Waals surface area contributed by atoms with Gasteiger partial charge >= 0.3 is 5.97 Å². The quantitative estimate of drug-likeness (QED) is 0.800. The van der Waals surface area contributed by atoms with Crippen LogP contribution in [0.25, 0.3) is 0 Å². The average Bonchev–Trinajstić information content (AvgIpc) is 2.43. The van der Waals surface area contributed by atoms with Crippen LogP contribution in [0.4, 0.5) is 0 Å². The Balaban J connectivity index is 2.81. The van der Waals surface area contributed by atoms with Crippen LogP contribution in [0, 0.1) is 19.8 Å². The summed E-state index contributed by atoms with van der Waals surface area (Å²) in [6, 6.07) is 4.04. The van der Waals surface area contributed by atoms with E-state index in [1.54, 1.807) is 0 Å². The lowest BCUT2D eigenvalue weighted by Gasteiger charge is -2.14. The standard InChI is InChI=1S/C11H17NO2/c1-4-10(11(13)14)7-12-8(2)5-6-9(12)3/h5-6,10H,4,7H2,1-3H3,(H,13,14). The van der Waals surface area contributed by atoms with Gasteiger partial charge in [0.25, 0.3) is 0 Å². The molecule has 1 atom stereocenters. The Morgan fingerprint density at radius 2 is 1.93 bits per heavy atom. The van der Waals surface area contributed by atoms with Gasteiger partial charge in [-0.05, 0) is 32.4 Å². The molecule has 0 aromatic carbocycles. The molecule has 78 valence electrons. The SMILES string of the molecule is CCC(Cn1c(C)ccc1C)C(=O)O. The minimum atomic E-state index is -0.708. The Morgan fingerprint density at radius 3 is 2.29 bits per heavy atom. The molecular weight excluding hydrogens is 178 g/mol. The van der Waals surface area contributed by atoms with E-state index >= 15 is 0 Å². The molecule has 0 radical (unpaired) electrons. The lowest BCUT2D eigenvalue weighted by Crippen LogP contribution is -2.20. The van der Waals surface area contributed by atoms with Crippen LogP contribution >= 0.6 is 0 Å². The van der Waals surface area contributed by atoms with Gasteiger partial charge in [-0.15, -0.1) is 0 Å². The summed E-state index contributed by atoms with van der Waals surface area (Å²) in [7, 11) is 0. The molecule has 0 aliphatic rings. The van der Waals surface area contributed by atoms with Gasteiger partial charge in [0.2, 0.25) is 0 Å². The molecule has 0 aliphatic heterocycles. The van der Waals surface area contributed by atoms with E-state index < -0.39 is 5.97 Å². The van der Waals surface area contributed by atoms with Crippen molar-refractivity contribution in [3.05, 3.63) is 23.5 Å². The van der Waals surface area contributed by atoms with Gasteiger partial charge in [-0.2, -0.15) is 0 Å². The number of hydrogen-bond acceptors (Lipinski definition) is 1. The number of hydrogen-bond donors (Lipinski definition) is 1. The van der Waals surface area contributed by atoms with Gasteiger partial charge in [0.1, 0.15) is 0 Å². The topological polar surface area (TPSA) is 42.2 Å². The second kappa shape index (κ2) is 4.31. The van der Waals surface area contributed by atoms with Crippen molar-refractivity contribution in [1.29, 1.82) is 0 Å². The van der Waals surface area contributed by atoms with E-state index in [4.69, 9.17) is 5.11 Å². The summed E-state index contributed by atoms with van der Waals surface area (Å²) in [4.78, 5) is 10.9. The summed E-state index contributed by atoms with van der Waals surface area (Å²) in [5, 5.41) is 8.94. The molecule has 0 spiro atoms. The van der Waals surface area contributed by atoms with Gasteiger partial charge in [0, 0.05) is 17.9 Å². The highest BCUT2D eigenvalue weighted by Crippen LogP contribution is 2.13. The molecule has 0 fully saturated rings. The number of carbonyl (C=O) groups is 1. The first-order valence-corrected chi connectivity index (χ1v) is 4.91. The molecule has 0 saturated heterocycles. The molecule has 1 aromatic rings. The first kappa shape index (κ1) is 10.8. The summed E-state index contributed by atoms with van der Waals surface area (Å²) in [5.74, 6) is -0.986. The first-order chi connectivity index (χ1) is 6.56. The van der Waals surface area contributed by atoms with Crippen LogP contribution in [-0.4, -0.2) is 15.6 Å². The molecule has 1 N–H and O–H groups in total. The Labute approximate surface area is 84.4 Å². The third-order valence-electron chi connectivity index (χ3n) is 2.66. The molecule has 3 nitrogen and oxygen atoms in total. The molecule has 0 amide bonds. The number of aromatic nitrogens is 1. The smallest absolute Gasteiger partial charge is 0.308 e. The highest BCUT2D eigenvalue weighted by atomic mass is 16.4. The van der Waals surface area contributed by atoms with Gasteiger partial charge in [-0.25, -0.2) is 0 Å². The predicted octanol–water partition coefficient (Wildman–Crippen LogP) is 2.22. The van der Waals surface area contributed by atoms with E-state index in [0.717, 1.165) is 11.4 Å². The third kappa shape index (κ3) is 2.16. The molecular formula is C11H17NO2. The van der Waals surface area contributed by atoms with Crippen molar-refractivity contribution in [3.63, 3.8) is 0 Å². The second-order valence-electron chi connectivity index (χ2n) is 3.67. The van der Waals surface area contributed by atoms with Crippen molar-refractivity contribution >= 4 is 5.97 Å². The zero-order valence-electron chi connectivity index (χ0n) is 8.95. The molecule has 0 saturated carbocycles. The lowest BCUT2D eigenvalue weighted by atomic mass is 10.1. The largest absolute Gasteiger partial charge is 0.481 e. The fourth-order valence-electron chi connectivity index (χ4n) is 1.59. The van der Waals surface area contributed by atoms with Gasteiger partial charge in [-0.1, -0.05) is 6.92 Å². The fraction of sp³-hybridized carbons (Fsp3) is 0.545. The fourth-order valence-corrected chi connectivity index (χ4v) is 1.59. The van der Waals surface area contributed by atoms with Gasteiger partial charge < -0.3 is 9.67 Å². The Morgan fingerprint density at radius 1 is 1.43 bits per heavy atom. The minimum Gasteiger partial charge on any atom is -0.481 e. The number of nitrogens with zero attached hydrogens (tertiary/aromatic N) is 1. The normalized spacial score (nSPS) is 12.8. The Bertz CT molecular complexity index is 309. The number of carboxylic acids is 1. The molecule has 1 aromatic heterocycles. The lowest BCUT2D eigenvalue weighted by molar-refractivity contribution is -0.142. The summed E-state index contributed by atoms with van der Waals surface area (Å²) in [6.07, 6.45) is 0.673. The molecule has 1 unspecified atom stereocenters. The second-order valence-corrected chi connectivity index (χ2v) is 3.67. The van der Waals surface area contributed by atoms with Crippen molar-refractivity contribution in [1.82, 2.24) is 4.57 Å². The van der Waals surface area contributed by atoms with Crippen LogP contribution in [0.1, 0.15) is 24.7 Å². The molecule has 1 heterocycles. The van der Waals surface area contributed by atoms with Gasteiger partial charge in [-0.3, -0.25) is 4.79 Å². The monoisotopic (exact) mass is 195 g/mol. The maximum Gasteiger partial charge on any atom is 0.308 e. The average molecular weight is 195 g/mol. The summed E-state index contributed by atoms with van der Waals surface area (Å²) < 4.78 is 2.06. The predicted molar refractivity (Wildman–Crippen MR) is 55.3 cm³/mol. The van der Waals surface area contributed by atoms with E-state index in [1.807, 2.05) is 32.9 Å². The number of carboxylic acid groups (broad SMARTS) is 1. The number of aryl methyl sites for hydroxylation is 2. The molecule has 1 rings (SSSR count). The zero-order chi connectivity index (χ0) is 10.7. The van der Waals surface area contributed by atoms with Crippen LogP contribution in [0.15, 0.2) is 12.1 Å². The maximum absolute atomic E-state index is 10.9. The summed E-state index contributed by atoms with van der Waals surface area (Å²) in [5.41, 5.74) is 2.25. The zero-order valence-corrected chi connectivity index (χ0v) is 8.95. The highest BCUT2D eigenvalue weighted by molar-refractivity contribution is 5.69. The van der Waals surface area contributed by atoms with Crippen LogP contribution in [0.2, 0.25) is 0 Å². The molecule has 14 heavy (non-hydrogen) atoms. The van der Waals surface area contributed by atoms with E-state index in [2.05, 4.69) is 4.57 Å². The van der Waals surface area contributed by atoms with Crippen molar-refractivity contribution in [2.75, 3.05) is 0 Å². The van der Waals surface area contributed by atoms with Crippen LogP contribution in [-0.2, 0) is 11.3 Å². The summed E-state index contributed by atoms with van der Waals surface area (Å²) in [6.45, 7) is 6.49. The van der Waals surface area contributed by atoms with Crippen LogP contribution < -0.4 is 0 Å². The van der Waals surface area contributed by atoms with E-state index in [9.17, 15) is 4.79 Å². The Hall–Kier alpha value is -1.25. The van der Waals surface area contributed by atoms with Crippen LogP contribution in [0.3, 0.4) is 0 Å². The number of aliphatic carboxylic acids is 1. The van der Waals surface area contributed by atoms with E-state index in [1.165, 1.54) is 0 Å². The third-order valence-corrected chi connectivity index (χ3v) is 2.66. The molecule has 3 heteroatoms. The van der Waals surface area contributed by atoms with Crippen molar-refractivity contribution in [3.8, 4) is 0 Å². The highest BCUT2D eigenvalue weighted by Gasteiger charge is 2.16. The first-order valence-electron chi connectivity index (χ1n) is 4.91. The minimum absolute atomic E-state index is 0.278. The van der Waals surface area contributed by atoms with Crippen LogP contribution in [0.5, 0.6) is 0 Å². The molecule has 0 aliphatic carbocycles. The number of rotatable bonds is 4. The van der Waals surface area contributed by atoms with E-state index in [0.29, 0.717) is 13.0 Å². The van der Waals surface area contributed by atoms with E-state index in [-0.39, 0.29) is 5.92 Å². The maximum atomic E-state index is 10.9. The Kier molecular flexibility index (Phi) is 3.33. The van der Waals surface area contributed by atoms with Gasteiger partial charge in [0.15, 0.2) is 0 Å². The molecule has 0 bridgehead atoms. The van der Waals surface area contributed by atoms with Crippen molar-refractivity contribution in [2.45, 2.75) is 33.7 Å².